The van der Waals surface area contributed by atoms with Gasteiger partial charge in [-0.25, -0.2) is 4.98 Å². The molecule has 2 aromatic heterocycles. The average molecular weight is 518 g/mol. The number of amides is 1. The van der Waals surface area contributed by atoms with Crippen molar-refractivity contribution >= 4 is 50.1 Å². The summed E-state index contributed by atoms with van der Waals surface area (Å²) in [4.78, 5) is 55.0. The van der Waals surface area contributed by atoms with Crippen LogP contribution in [0.2, 0.25) is 0 Å². The number of nitrogens with one attached hydrogen (secondary N) is 1. The van der Waals surface area contributed by atoms with Crippen LogP contribution in [0.5, 0.6) is 0 Å². The van der Waals surface area contributed by atoms with Crippen molar-refractivity contribution in [1.29, 1.82) is 0 Å². The highest BCUT2D eigenvalue weighted by molar-refractivity contribution is 9.10. The van der Waals surface area contributed by atoms with Gasteiger partial charge in [-0.1, -0.05) is 15.9 Å². The molecule has 0 atom stereocenters. The second kappa shape index (κ2) is 9.52. The van der Waals surface area contributed by atoms with E-state index in [9.17, 15) is 19.2 Å². The third-order valence-electron chi connectivity index (χ3n) is 5.30. The lowest BCUT2D eigenvalue weighted by Gasteiger charge is -2.13. The fourth-order valence-corrected chi connectivity index (χ4v) is 3.81. The number of carbonyl (C=O) groups excluding carboxylic acids is 3. The summed E-state index contributed by atoms with van der Waals surface area (Å²) in [5.41, 5.74) is 1.94. The maximum Gasteiger partial charge on any atom is 0.244 e. The van der Waals surface area contributed by atoms with Crippen LogP contribution in [0, 0.1) is 6.92 Å². The number of aryl methyl sites for hydroxylation is 1. The topological polar surface area (TPSA) is 98.1 Å². The van der Waals surface area contributed by atoms with Crippen molar-refractivity contribution in [1.82, 2.24) is 9.55 Å². The monoisotopic (exact) mass is 517 g/mol. The molecule has 7 nitrogen and oxygen atoms in total. The molecule has 0 saturated carbocycles. The Labute approximate surface area is 203 Å². The number of aromatic nitrogens is 2. The molecule has 0 aliphatic rings. The largest absolute Gasteiger partial charge is 0.325 e. The average Bonchev–Trinajstić information content (AvgIpc) is 2.81. The Hall–Kier alpha value is -3.91. The molecule has 170 valence electrons. The minimum atomic E-state index is -0.438. The number of rotatable bonds is 6. The smallest absolute Gasteiger partial charge is 0.244 e. The zero-order valence-electron chi connectivity index (χ0n) is 18.5. The highest BCUT2D eigenvalue weighted by atomic mass is 79.9. The van der Waals surface area contributed by atoms with Crippen LogP contribution >= 0.6 is 15.9 Å². The van der Waals surface area contributed by atoms with E-state index >= 15 is 0 Å². The molecule has 0 saturated heterocycles. The first-order valence-electron chi connectivity index (χ1n) is 10.4. The number of nitrogens with zero attached hydrogens (tertiary/aromatic N) is 2. The molecule has 0 aliphatic carbocycles. The molecule has 0 unspecified atom stereocenters. The Kier molecular flexibility index (Phi) is 6.51. The zero-order valence-corrected chi connectivity index (χ0v) is 20.0. The van der Waals surface area contributed by atoms with Crippen molar-refractivity contribution in [3.05, 3.63) is 104 Å². The van der Waals surface area contributed by atoms with Crippen LogP contribution in [0.15, 0.2) is 76.1 Å². The summed E-state index contributed by atoms with van der Waals surface area (Å²) >= 11 is 3.33. The number of anilines is 1. The minimum absolute atomic E-state index is 0.0425. The Morgan fingerprint density at radius 2 is 1.59 bits per heavy atom. The van der Waals surface area contributed by atoms with Crippen LogP contribution < -0.4 is 10.7 Å². The summed E-state index contributed by atoms with van der Waals surface area (Å²) in [5.74, 6) is -0.873. The van der Waals surface area contributed by atoms with Gasteiger partial charge in [-0.15, -0.1) is 0 Å². The lowest BCUT2D eigenvalue weighted by molar-refractivity contribution is -0.116. The standard InChI is InChI=1S/C26H20BrN3O4/c1-15-3-12-21-25(34)22(24(33)18-4-8-19(27)9-5-18)13-30(26(21)28-15)14-23(32)29-20-10-6-17(7-11-20)16(2)31/h3-13H,14H2,1-2H3,(H,29,32). The maximum atomic E-state index is 13.1. The number of benzene rings is 2. The summed E-state index contributed by atoms with van der Waals surface area (Å²) in [5, 5.41) is 3.03. The molecule has 1 N–H and O–H groups in total. The van der Waals surface area contributed by atoms with Crippen LogP contribution in [-0.2, 0) is 11.3 Å². The van der Waals surface area contributed by atoms with E-state index in [0.29, 0.717) is 28.2 Å². The van der Waals surface area contributed by atoms with E-state index in [0.717, 1.165) is 4.47 Å². The third kappa shape index (κ3) is 4.87. The first-order chi connectivity index (χ1) is 16.2. The van der Waals surface area contributed by atoms with E-state index < -0.39 is 11.2 Å². The van der Waals surface area contributed by atoms with Crippen molar-refractivity contribution in [2.24, 2.45) is 0 Å². The number of carbonyl (C=O) groups is 3. The van der Waals surface area contributed by atoms with Gasteiger partial charge >= 0.3 is 0 Å². The summed E-state index contributed by atoms with van der Waals surface area (Å²) in [7, 11) is 0. The summed E-state index contributed by atoms with van der Waals surface area (Å²) in [6, 6.07) is 16.6. The first-order valence-corrected chi connectivity index (χ1v) is 11.2. The molecular formula is C26H20BrN3O4. The van der Waals surface area contributed by atoms with Crippen molar-refractivity contribution in [3.8, 4) is 0 Å². The predicted molar refractivity (Wildman–Crippen MR) is 133 cm³/mol. The third-order valence-corrected chi connectivity index (χ3v) is 5.83. The summed E-state index contributed by atoms with van der Waals surface area (Å²) in [6.45, 7) is 3.09. The van der Waals surface area contributed by atoms with Gasteiger partial charge in [0.1, 0.15) is 12.2 Å². The number of pyridine rings is 2. The van der Waals surface area contributed by atoms with Crippen molar-refractivity contribution in [2.45, 2.75) is 20.4 Å². The fraction of sp³-hybridized carbons (Fsp3) is 0.115. The number of hydrogen-bond acceptors (Lipinski definition) is 5. The molecule has 1 amide bonds. The Morgan fingerprint density at radius 3 is 2.24 bits per heavy atom. The highest BCUT2D eigenvalue weighted by Crippen LogP contribution is 2.17. The molecule has 0 radical (unpaired) electrons. The Balaban J connectivity index is 1.71. The molecule has 0 aliphatic heterocycles. The number of ketones is 2. The van der Waals surface area contributed by atoms with Gasteiger partial charge in [-0.05, 0) is 74.5 Å². The molecule has 2 heterocycles. The van der Waals surface area contributed by atoms with Crippen LogP contribution in [-0.4, -0.2) is 27.0 Å². The van der Waals surface area contributed by atoms with Crippen LogP contribution in [0.3, 0.4) is 0 Å². The van der Waals surface area contributed by atoms with E-state index in [2.05, 4.69) is 26.2 Å². The van der Waals surface area contributed by atoms with E-state index in [1.165, 1.54) is 17.7 Å². The second-order valence-electron chi connectivity index (χ2n) is 7.84. The number of Topliss-reactive ketones (excluding diaryl/α,β-unsaturated/α-hetero) is 1. The first kappa shape index (κ1) is 23.3. The minimum Gasteiger partial charge on any atom is -0.325 e. The van der Waals surface area contributed by atoms with E-state index in [-0.39, 0.29) is 29.2 Å². The van der Waals surface area contributed by atoms with Crippen LogP contribution in [0.4, 0.5) is 5.69 Å². The quantitative estimate of drug-likeness (QED) is 0.378. The molecule has 0 fully saturated rings. The predicted octanol–water partition coefficient (Wildman–Crippen LogP) is 4.54. The van der Waals surface area contributed by atoms with E-state index in [1.807, 2.05) is 0 Å². The van der Waals surface area contributed by atoms with Crippen molar-refractivity contribution < 1.29 is 14.4 Å². The molecular weight excluding hydrogens is 498 g/mol. The highest BCUT2D eigenvalue weighted by Gasteiger charge is 2.19. The summed E-state index contributed by atoms with van der Waals surface area (Å²) in [6.07, 6.45) is 1.39. The molecule has 2 aromatic carbocycles. The molecule has 34 heavy (non-hydrogen) atoms. The van der Waals surface area contributed by atoms with Crippen LogP contribution in [0.1, 0.15) is 38.9 Å². The lowest BCUT2D eigenvalue weighted by Crippen LogP contribution is -2.25. The van der Waals surface area contributed by atoms with Crippen LogP contribution in [0.25, 0.3) is 11.0 Å². The summed E-state index contributed by atoms with van der Waals surface area (Å²) < 4.78 is 2.32. The molecule has 8 heteroatoms. The van der Waals surface area contributed by atoms with Gasteiger partial charge in [0.15, 0.2) is 11.6 Å². The molecule has 4 aromatic rings. The zero-order chi connectivity index (χ0) is 24.4. The van der Waals surface area contributed by atoms with Gasteiger partial charge in [0.2, 0.25) is 11.3 Å². The molecule has 4 rings (SSSR count). The van der Waals surface area contributed by atoms with E-state index in [1.54, 1.807) is 67.6 Å². The maximum absolute atomic E-state index is 13.1. The van der Waals surface area contributed by atoms with Gasteiger partial charge in [0, 0.05) is 33.2 Å². The number of halogens is 1. The molecule has 0 bridgehead atoms. The van der Waals surface area contributed by atoms with Gasteiger partial charge in [0.05, 0.1) is 10.9 Å². The SMILES string of the molecule is CC(=O)c1ccc(NC(=O)Cn2cc(C(=O)c3ccc(Br)cc3)c(=O)c3ccc(C)nc32)cc1. The van der Waals surface area contributed by atoms with E-state index in [4.69, 9.17) is 0 Å². The van der Waals surface area contributed by atoms with Gasteiger partial charge in [-0.2, -0.15) is 0 Å². The normalized spacial score (nSPS) is 10.8. The second-order valence-corrected chi connectivity index (χ2v) is 8.76. The van der Waals surface area contributed by atoms with Gasteiger partial charge < -0.3 is 9.88 Å². The fourth-order valence-electron chi connectivity index (χ4n) is 3.54. The van der Waals surface area contributed by atoms with Gasteiger partial charge in [-0.3, -0.25) is 19.2 Å². The van der Waals surface area contributed by atoms with Crippen molar-refractivity contribution in [3.63, 3.8) is 0 Å². The number of hydrogen-bond donors (Lipinski definition) is 1. The number of fused-ring (bicyclic) bond motifs is 1. The molecule has 0 spiro atoms. The van der Waals surface area contributed by atoms with Crippen molar-refractivity contribution in [2.75, 3.05) is 5.32 Å². The van der Waals surface area contributed by atoms with Gasteiger partial charge in [0.25, 0.3) is 0 Å². The Morgan fingerprint density at radius 1 is 0.941 bits per heavy atom. The lowest BCUT2D eigenvalue weighted by atomic mass is 10.0. The Bertz CT molecular complexity index is 1490.